The van der Waals surface area contributed by atoms with Gasteiger partial charge >= 0.3 is 0 Å². The van der Waals surface area contributed by atoms with Gasteiger partial charge in [-0.15, -0.1) is 0 Å². The summed E-state index contributed by atoms with van der Waals surface area (Å²) in [4.78, 5) is 0. The summed E-state index contributed by atoms with van der Waals surface area (Å²) in [6.45, 7) is 9.55. The van der Waals surface area contributed by atoms with Crippen molar-refractivity contribution in [3.8, 4) is 6.07 Å². The van der Waals surface area contributed by atoms with Crippen molar-refractivity contribution in [1.82, 2.24) is 5.32 Å². The highest BCUT2D eigenvalue weighted by Gasteiger charge is 2.25. The van der Waals surface area contributed by atoms with Crippen molar-refractivity contribution in [1.29, 1.82) is 5.26 Å². The van der Waals surface area contributed by atoms with Crippen LogP contribution >= 0.6 is 0 Å². The van der Waals surface area contributed by atoms with Gasteiger partial charge < -0.3 is 5.32 Å². The second-order valence-electron chi connectivity index (χ2n) is 6.67. The first kappa shape index (κ1) is 13.5. The number of hydrogen-bond acceptors (Lipinski definition) is 2. The lowest BCUT2D eigenvalue weighted by Crippen LogP contribution is -2.36. The molecule has 0 amide bonds. The normalized spacial score (nSPS) is 25.8. The fraction of sp³-hybridized carbons (Fsp3) is 0.929. The van der Waals surface area contributed by atoms with Crippen LogP contribution in [0.15, 0.2) is 0 Å². The maximum absolute atomic E-state index is 8.97. The molecule has 1 fully saturated rings. The summed E-state index contributed by atoms with van der Waals surface area (Å²) >= 11 is 0. The van der Waals surface area contributed by atoms with Crippen molar-refractivity contribution in [2.75, 3.05) is 6.54 Å². The van der Waals surface area contributed by atoms with Crippen LogP contribution in [0.3, 0.4) is 0 Å². The van der Waals surface area contributed by atoms with E-state index in [9.17, 15) is 0 Å². The van der Waals surface area contributed by atoms with Crippen LogP contribution in [0.5, 0.6) is 0 Å². The van der Waals surface area contributed by atoms with E-state index in [0.717, 1.165) is 6.54 Å². The summed E-state index contributed by atoms with van der Waals surface area (Å²) in [5, 5.41) is 12.5. The molecular formula is C14H26N2. The predicted octanol–water partition coefficient (Wildman–Crippen LogP) is 3.48. The van der Waals surface area contributed by atoms with Gasteiger partial charge in [0.2, 0.25) is 0 Å². The molecule has 0 bridgehead atoms. The molecular weight excluding hydrogens is 196 g/mol. The number of nitriles is 1. The van der Waals surface area contributed by atoms with E-state index in [2.05, 4.69) is 25.2 Å². The molecule has 1 unspecified atom stereocenters. The topological polar surface area (TPSA) is 35.8 Å². The zero-order chi connectivity index (χ0) is 12.2. The lowest BCUT2D eigenvalue weighted by Gasteiger charge is -2.24. The molecule has 0 spiro atoms. The Balaban J connectivity index is 2.37. The minimum atomic E-state index is -0.234. The summed E-state index contributed by atoms with van der Waals surface area (Å²) in [5.41, 5.74) is 0.281. The molecule has 0 aliphatic heterocycles. The third kappa shape index (κ3) is 4.53. The summed E-state index contributed by atoms with van der Waals surface area (Å²) < 4.78 is 0. The Hall–Kier alpha value is -0.550. The summed E-state index contributed by atoms with van der Waals surface area (Å²) in [5.74, 6) is 0. The van der Waals surface area contributed by atoms with E-state index >= 15 is 0 Å². The number of nitrogens with one attached hydrogen (secondary N) is 1. The first-order valence-corrected chi connectivity index (χ1v) is 6.49. The summed E-state index contributed by atoms with van der Waals surface area (Å²) in [6, 6.07) is 2.97. The standard InChI is InChI=1S/C14H26N2/c1-13(2)8-5-6-12(7-9-13)16-11-14(3,4)10-15/h12,16H,5-9,11H2,1-4H3. The van der Waals surface area contributed by atoms with Crippen LogP contribution in [-0.4, -0.2) is 12.6 Å². The molecule has 0 aromatic rings. The van der Waals surface area contributed by atoms with Crippen LogP contribution in [0.2, 0.25) is 0 Å². The third-order valence-electron chi connectivity index (χ3n) is 3.71. The second kappa shape index (κ2) is 5.19. The van der Waals surface area contributed by atoms with E-state index in [-0.39, 0.29) is 5.41 Å². The Morgan fingerprint density at radius 2 is 2.00 bits per heavy atom. The Morgan fingerprint density at radius 1 is 1.31 bits per heavy atom. The number of rotatable bonds is 3. The molecule has 0 saturated heterocycles. The largest absolute Gasteiger partial charge is 0.312 e. The second-order valence-corrected chi connectivity index (χ2v) is 6.67. The zero-order valence-electron chi connectivity index (χ0n) is 11.3. The quantitative estimate of drug-likeness (QED) is 0.742. The van der Waals surface area contributed by atoms with Gasteiger partial charge in [0.25, 0.3) is 0 Å². The van der Waals surface area contributed by atoms with Gasteiger partial charge in [0, 0.05) is 12.6 Å². The molecule has 0 aromatic carbocycles. The van der Waals surface area contributed by atoms with Gasteiger partial charge in [-0.3, -0.25) is 0 Å². The average molecular weight is 222 g/mol. The van der Waals surface area contributed by atoms with Crippen LogP contribution < -0.4 is 5.32 Å². The van der Waals surface area contributed by atoms with Gasteiger partial charge in [-0.1, -0.05) is 20.3 Å². The smallest absolute Gasteiger partial charge is 0.0697 e. The Labute approximate surface area is 100 Å². The van der Waals surface area contributed by atoms with Crippen LogP contribution in [0.4, 0.5) is 0 Å². The summed E-state index contributed by atoms with van der Waals surface area (Å²) in [7, 11) is 0. The van der Waals surface area contributed by atoms with Crippen molar-refractivity contribution < 1.29 is 0 Å². The first-order valence-electron chi connectivity index (χ1n) is 6.49. The Kier molecular flexibility index (Phi) is 4.38. The molecule has 1 rings (SSSR count). The SMILES string of the molecule is CC(C)(C#N)CNC1CCCC(C)(C)CC1. The monoisotopic (exact) mass is 222 g/mol. The molecule has 1 aliphatic carbocycles. The molecule has 1 aliphatic rings. The van der Waals surface area contributed by atoms with Gasteiger partial charge in [0.05, 0.1) is 11.5 Å². The third-order valence-corrected chi connectivity index (χ3v) is 3.71. The predicted molar refractivity (Wildman–Crippen MR) is 68.1 cm³/mol. The average Bonchev–Trinajstić information content (AvgIpc) is 2.37. The van der Waals surface area contributed by atoms with E-state index in [4.69, 9.17) is 5.26 Å². The van der Waals surface area contributed by atoms with Gasteiger partial charge in [0.15, 0.2) is 0 Å². The van der Waals surface area contributed by atoms with E-state index in [1.165, 1.54) is 32.1 Å². The highest BCUT2D eigenvalue weighted by Crippen LogP contribution is 2.33. The van der Waals surface area contributed by atoms with Gasteiger partial charge in [-0.25, -0.2) is 0 Å². The molecule has 2 nitrogen and oxygen atoms in total. The van der Waals surface area contributed by atoms with E-state index in [1.807, 2.05) is 13.8 Å². The number of hydrogen-bond donors (Lipinski definition) is 1. The highest BCUT2D eigenvalue weighted by atomic mass is 14.9. The molecule has 1 saturated carbocycles. The molecule has 0 heterocycles. The lowest BCUT2D eigenvalue weighted by atomic mass is 9.85. The van der Waals surface area contributed by atoms with Crippen LogP contribution in [0, 0.1) is 22.2 Å². The fourth-order valence-corrected chi connectivity index (χ4v) is 2.30. The first-order chi connectivity index (χ1) is 7.35. The minimum absolute atomic E-state index is 0.234. The molecule has 0 aromatic heterocycles. The van der Waals surface area contributed by atoms with E-state index < -0.39 is 0 Å². The van der Waals surface area contributed by atoms with Gasteiger partial charge in [-0.05, 0) is 44.9 Å². The van der Waals surface area contributed by atoms with Gasteiger partial charge in [0.1, 0.15) is 0 Å². The molecule has 1 N–H and O–H groups in total. The van der Waals surface area contributed by atoms with Gasteiger partial charge in [-0.2, -0.15) is 5.26 Å². The molecule has 2 heteroatoms. The molecule has 0 radical (unpaired) electrons. The van der Waals surface area contributed by atoms with Crippen LogP contribution in [-0.2, 0) is 0 Å². The lowest BCUT2D eigenvalue weighted by molar-refractivity contribution is 0.306. The summed E-state index contributed by atoms with van der Waals surface area (Å²) in [6.07, 6.45) is 6.49. The Bertz CT molecular complexity index is 260. The van der Waals surface area contributed by atoms with E-state index in [0.29, 0.717) is 11.5 Å². The maximum atomic E-state index is 8.97. The minimum Gasteiger partial charge on any atom is -0.312 e. The van der Waals surface area contributed by atoms with Crippen molar-refractivity contribution in [3.63, 3.8) is 0 Å². The van der Waals surface area contributed by atoms with Crippen LogP contribution in [0.1, 0.15) is 59.8 Å². The molecule has 92 valence electrons. The van der Waals surface area contributed by atoms with Crippen LogP contribution in [0.25, 0.3) is 0 Å². The van der Waals surface area contributed by atoms with Crippen molar-refractivity contribution in [2.24, 2.45) is 10.8 Å². The van der Waals surface area contributed by atoms with Crippen molar-refractivity contribution >= 4 is 0 Å². The molecule has 1 atom stereocenters. The Morgan fingerprint density at radius 3 is 2.62 bits per heavy atom. The fourth-order valence-electron chi connectivity index (χ4n) is 2.30. The van der Waals surface area contributed by atoms with Crippen molar-refractivity contribution in [3.05, 3.63) is 0 Å². The highest BCUT2D eigenvalue weighted by molar-refractivity contribution is 4.94. The van der Waals surface area contributed by atoms with Crippen molar-refractivity contribution in [2.45, 2.75) is 65.8 Å². The molecule has 16 heavy (non-hydrogen) atoms. The van der Waals surface area contributed by atoms with E-state index in [1.54, 1.807) is 0 Å². The zero-order valence-corrected chi connectivity index (χ0v) is 11.3. The maximum Gasteiger partial charge on any atom is 0.0697 e. The number of nitrogens with zero attached hydrogens (tertiary/aromatic N) is 1.